The highest BCUT2D eigenvalue weighted by Gasteiger charge is 2.08. The molecule has 0 N–H and O–H groups in total. The number of aromatic nitrogens is 3. The highest BCUT2D eigenvalue weighted by atomic mass is 35.5. The third-order valence-corrected chi connectivity index (χ3v) is 5.52. The van der Waals surface area contributed by atoms with Gasteiger partial charge in [-0.25, -0.2) is 0 Å². The normalized spacial score (nSPS) is 10.2. The average Bonchev–Trinajstić information content (AvgIpc) is 2.84. The molecule has 3 heterocycles. The largest absolute Gasteiger partial charge is 0.494 e. The van der Waals surface area contributed by atoms with E-state index in [1.807, 2.05) is 54.9 Å². The minimum atomic E-state index is -0.00872. The molecule has 0 spiro atoms. The molecule has 9 heteroatoms. The summed E-state index contributed by atoms with van der Waals surface area (Å²) in [5.74, 6) is 0.823. The van der Waals surface area contributed by atoms with Crippen LogP contribution in [0.15, 0.2) is 84.0 Å². The molecule has 0 atom stereocenters. The van der Waals surface area contributed by atoms with Crippen LogP contribution in [-0.4, -0.2) is 39.1 Å². The molecule has 0 saturated heterocycles. The van der Waals surface area contributed by atoms with Crippen molar-refractivity contribution in [2.75, 3.05) is 19.7 Å². The van der Waals surface area contributed by atoms with Crippen molar-refractivity contribution in [1.82, 2.24) is 19.4 Å². The van der Waals surface area contributed by atoms with Gasteiger partial charge in [0.2, 0.25) is 0 Å². The first-order chi connectivity index (χ1) is 15.7. The summed E-state index contributed by atoms with van der Waals surface area (Å²) in [7, 11) is 1.78. The number of hydrogen-bond acceptors (Lipinski definition) is 5. The summed E-state index contributed by atoms with van der Waals surface area (Å²) >= 11 is 0. The van der Waals surface area contributed by atoms with Crippen LogP contribution < -0.4 is 10.3 Å². The van der Waals surface area contributed by atoms with Crippen LogP contribution in [0.25, 0.3) is 10.9 Å². The van der Waals surface area contributed by atoms with E-state index >= 15 is 0 Å². The van der Waals surface area contributed by atoms with Crippen molar-refractivity contribution in [1.29, 1.82) is 0 Å². The number of fused-ring (bicyclic) bond motifs is 1. The zero-order chi connectivity index (χ0) is 22.2. The number of rotatable bonds is 10. The van der Waals surface area contributed by atoms with Crippen molar-refractivity contribution >= 4 is 48.1 Å². The Morgan fingerprint density at radius 1 is 0.943 bits per heavy atom. The number of hydrogen-bond donors (Lipinski definition) is 0. The van der Waals surface area contributed by atoms with Crippen molar-refractivity contribution < 1.29 is 4.74 Å². The van der Waals surface area contributed by atoms with Crippen molar-refractivity contribution in [3.8, 4) is 5.75 Å². The lowest BCUT2D eigenvalue weighted by Crippen LogP contribution is -2.28. The molecule has 0 unspecified atom stereocenters. The molecule has 0 aliphatic heterocycles. The molecule has 6 nitrogen and oxygen atoms in total. The molecule has 3 aromatic heterocycles. The predicted molar refractivity (Wildman–Crippen MR) is 148 cm³/mol. The fourth-order valence-corrected chi connectivity index (χ4v) is 3.77. The van der Waals surface area contributed by atoms with Crippen molar-refractivity contribution in [2.24, 2.45) is 7.05 Å². The number of ether oxygens (including phenoxy) is 1. The van der Waals surface area contributed by atoms with Crippen LogP contribution in [0.1, 0.15) is 17.7 Å². The standard InChI is InChI=1S/C26H28N4O2.3ClH/c1-29-25-10-9-24(18-22(25)8-11-26(29)31)32-17-5-15-30(20-21-6-4-13-27-19-21)16-12-23-7-2-3-14-28-23;;;/h2-4,6-11,13-14,18-19H,5,12,15-17,20H2,1H3;3*1H. The van der Waals surface area contributed by atoms with E-state index in [0.717, 1.165) is 54.8 Å². The highest BCUT2D eigenvalue weighted by molar-refractivity contribution is 5.86. The minimum Gasteiger partial charge on any atom is -0.494 e. The molecule has 0 radical (unpaired) electrons. The van der Waals surface area contributed by atoms with Crippen LogP contribution >= 0.6 is 37.2 Å². The molecule has 0 saturated carbocycles. The van der Waals surface area contributed by atoms with Crippen LogP contribution in [0, 0.1) is 0 Å². The van der Waals surface area contributed by atoms with Gasteiger partial charge in [-0.15, -0.1) is 37.2 Å². The van der Waals surface area contributed by atoms with E-state index in [1.54, 1.807) is 23.9 Å². The lowest BCUT2D eigenvalue weighted by atomic mass is 10.2. The number of nitrogens with zero attached hydrogens (tertiary/aromatic N) is 4. The second-order valence-electron chi connectivity index (χ2n) is 7.86. The van der Waals surface area contributed by atoms with E-state index in [-0.39, 0.29) is 42.8 Å². The third kappa shape index (κ3) is 8.82. The van der Waals surface area contributed by atoms with Crippen LogP contribution in [0.5, 0.6) is 5.75 Å². The van der Waals surface area contributed by atoms with Crippen molar-refractivity contribution in [3.63, 3.8) is 0 Å². The Bertz CT molecular complexity index is 1210. The Labute approximate surface area is 224 Å². The Morgan fingerprint density at radius 3 is 2.54 bits per heavy atom. The van der Waals surface area contributed by atoms with Crippen molar-refractivity contribution in [3.05, 3.63) is 101 Å². The maximum atomic E-state index is 11.8. The lowest BCUT2D eigenvalue weighted by Gasteiger charge is -2.22. The van der Waals surface area contributed by atoms with Gasteiger partial charge < -0.3 is 9.30 Å². The molecule has 4 aromatic rings. The molecule has 0 aliphatic carbocycles. The molecule has 0 bridgehead atoms. The summed E-state index contributed by atoms with van der Waals surface area (Å²) in [5, 5.41) is 0.998. The highest BCUT2D eigenvalue weighted by Crippen LogP contribution is 2.19. The van der Waals surface area contributed by atoms with E-state index < -0.39 is 0 Å². The number of aryl methyl sites for hydroxylation is 1. The van der Waals surface area contributed by atoms with E-state index in [1.165, 1.54) is 5.56 Å². The van der Waals surface area contributed by atoms with E-state index in [9.17, 15) is 4.79 Å². The average molecular weight is 538 g/mol. The maximum Gasteiger partial charge on any atom is 0.250 e. The maximum absolute atomic E-state index is 11.8. The van der Waals surface area contributed by atoms with Gasteiger partial charge in [-0.3, -0.25) is 19.7 Å². The third-order valence-electron chi connectivity index (χ3n) is 5.52. The fraction of sp³-hybridized carbons (Fsp3) is 0.269. The lowest BCUT2D eigenvalue weighted by molar-refractivity contribution is 0.229. The first kappa shape index (κ1) is 30.4. The summed E-state index contributed by atoms with van der Waals surface area (Å²) < 4.78 is 7.66. The molecule has 0 fully saturated rings. The molecule has 1 aromatic carbocycles. The summed E-state index contributed by atoms with van der Waals surface area (Å²) in [6.45, 7) is 3.33. The van der Waals surface area contributed by atoms with Gasteiger partial charge in [0.15, 0.2) is 0 Å². The summed E-state index contributed by atoms with van der Waals surface area (Å²) in [6.07, 6.45) is 7.39. The minimum absolute atomic E-state index is 0. The van der Waals surface area contributed by atoms with Crippen LogP contribution in [0.4, 0.5) is 0 Å². The van der Waals surface area contributed by atoms with Gasteiger partial charge >= 0.3 is 0 Å². The van der Waals surface area contributed by atoms with Crippen LogP contribution in [0.2, 0.25) is 0 Å². The quantitative estimate of drug-likeness (QED) is 0.263. The van der Waals surface area contributed by atoms with Gasteiger partial charge in [-0.05, 0) is 54.4 Å². The molecule has 4 rings (SSSR count). The molecule has 35 heavy (non-hydrogen) atoms. The van der Waals surface area contributed by atoms with E-state index in [0.29, 0.717) is 6.61 Å². The van der Waals surface area contributed by atoms with E-state index in [2.05, 4.69) is 27.0 Å². The van der Waals surface area contributed by atoms with Gasteiger partial charge in [0, 0.05) is 68.8 Å². The predicted octanol–water partition coefficient (Wildman–Crippen LogP) is 5.11. The molecule has 0 aliphatic rings. The van der Waals surface area contributed by atoms with Crippen LogP contribution in [-0.2, 0) is 20.0 Å². The summed E-state index contributed by atoms with van der Waals surface area (Å²) in [5.41, 5.74) is 3.20. The molecular formula is C26H31Cl3N4O2. The van der Waals surface area contributed by atoms with Gasteiger partial charge in [-0.1, -0.05) is 12.1 Å². The van der Waals surface area contributed by atoms with Gasteiger partial charge in [0.05, 0.1) is 12.1 Å². The summed E-state index contributed by atoms with van der Waals surface area (Å²) in [6, 6.07) is 19.4. The molecular weight excluding hydrogens is 507 g/mol. The Hall–Kier alpha value is -2.64. The second kappa shape index (κ2) is 15.4. The number of pyridine rings is 3. The second-order valence-corrected chi connectivity index (χ2v) is 7.86. The zero-order valence-corrected chi connectivity index (χ0v) is 22.0. The summed E-state index contributed by atoms with van der Waals surface area (Å²) in [4.78, 5) is 22.9. The Balaban J connectivity index is 0.00000204. The number of benzene rings is 1. The van der Waals surface area contributed by atoms with Gasteiger partial charge in [0.1, 0.15) is 5.75 Å². The van der Waals surface area contributed by atoms with Crippen LogP contribution in [0.3, 0.4) is 0 Å². The van der Waals surface area contributed by atoms with E-state index in [4.69, 9.17) is 4.74 Å². The Kier molecular flexibility index (Phi) is 13.3. The smallest absolute Gasteiger partial charge is 0.250 e. The van der Waals surface area contributed by atoms with Crippen molar-refractivity contribution in [2.45, 2.75) is 19.4 Å². The van der Waals surface area contributed by atoms with Gasteiger partial charge in [-0.2, -0.15) is 0 Å². The monoisotopic (exact) mass is 536 g/mol. The first-order valence-corrected chi connectivity index (χ1v) is 10.9. The SMILES string of the molecule is Cl.Cl.Cl.Cn1c(=O)ccc2cc(OCCCN(CCc3ccccn3)Cc3cccnc3)ccc21. The fourth-order valence-electron chi connectivity index (χ4n) is 3.77. The van der Waals surface area contributed by atoms with Gasteiger partial charge in [0.25, 0.3) is 5.56 Å². The topological polar surface area (TPSA) is 60.2 Å². The molecule has 0 amide bonds. The number of halogens is 3. The first-order valence-electron chi connectivity index (χ1n) is 10.9. The molecule has 188 valence electrons. The zero-order valence-electron chi connectivity index (χ0n) is 19.6. The Morgan fingerprint density at radius 2 is 1.80 bits per heavy atom.